The van der Waals surface area contributed by atoms with Crippen LogP contribution in [-0.4, -0.2) is 22.6 Å². The van der Waals surface area contributed by atoms with E-state index in [-0.39, 0.29) is 0 Å². The van der Waals surface area contributed by atoms with Gasteiger partial charge in [0.2, 0.25) is 0 Å². The molecule has 0 saturated heterocycles. The van der Waals surface area contributed by atoms with Crippen LogP contribution in [0, 0.1) is 10.7 Å². The number of aryl methyl sites for hydroxylation is 1. The molecule has 0 N–H and O–H groups in total. The molecule has 0 heterocycles. The Labute approximate surface area is 330 Å². The lowest BCUT2D eigenvalue weighted by molar-refractivity contribution is 0.447. The lowest BCUT2D eigenvalue weighted by atomic mass is 9.98. The van der Waals surface area contributed by atoms with Crippen molar-refractivity contribution in [3.8, 4) is 22.6 Å². The summed E-state index contributed by atoms with van der Waals surface area (Å²) < 4.78 is 19.3. The molecule has 0 aliphatic heterocycles. The highest BCUT2D eigenvalue weighted by atomic mass is 127. The van der Waals surface area contributed by atoms with Crippen LogP contribution in [0.15, 0.2) is 24.3 Å². The van der Waals surface area contributed by atoms with Crippen LogP contribution in [0.5, 0.6) is 11.5 Å². The van der Waals surface area contributed by atoms with Crippen LogP contribution in [0.25, 0.3) is 11.1 Å². The molecule has 4 aliphatic carbocycles. The van der Waals surface area contributed by atoms with E-state index in [0.717, 1.165) is 29.1 Å². The van der Waals surface area contributed by atoms with Crippen molar-refractivity contribution in [2.75, 3.05) is 0 Å². The number of benzene rings is 2. The Morgan fingerprint density at radius 2 is 0.915 bits per heavy atom. The third-order valence-corrected chi connectivity index (χ3v) is 19.1. The predicted molar refractivity (Wildman–Crippen MR) is 231 cm³/mol. The molecule has 47 heavy (non-hydrogen) atoms. The van der Waals surface area contributed by atoms with Crippen molar-refractivity contribution in [3.63, 3.8) is 0 Å². The van der Waals surface area contributed by atoms with Crippen molar-refractivity contribution in [1.82, 2.24) is 0 Å². The lowest BCUT2D eigenvalue weighted by Crippen LogP contribution is -2.23. The molecule has 4 fully saturated rings. The summed E-state index contributed by atoms with van der Waals surface area (Å²) in [5, 5.41) is 0. The first kappa shape index (κ1) is 37.8. The first-order valence-electron chi connectivity index (χ1n) is 19.3. The van der Waals surface area contributed by atoms with E-state index in [1.165, 1.54) is 180 Å². The monoisotopic (exact) mass is 1010 g/mol. The molecule has 0 radical (unpaired) electrons. The van der Waals surface area contributed by atoms with Gasteiger partial charge in [-0.15, -0.1) is 0 Å². The van der Waals surface area contributed by atoms with Crippen LogP contribution in [-0.2, 0) is 6.42 Å². The van der Waals surface area contributed by atoms with Crippen molar-refractivity contribution in [1.29, 1.82) is 0 Å². The van der Waals surface area contributed by atoms with E-state index in [9.17, 15) is 0 Å². The third-order valence-electron chi connectivity index (χ3n) is 11.4. The van der Waals surface area contributed by atoms with Crippen LogP contribution in [0.1, 0.15) is 154 Å². The van der Waals surface area contributed by atoms with Crippen LogP contribution in [0.4, 0.5) is 0 Å². The number of halogens is 3. The second-order valence-electron chi connectivity index (χ2n) is 14.9. The van der Waals surface area contributed by atoms with E-state index in [0.29, 0.717) is 0 Å². The Balaban J connectivity index is 1.44. The Kier molecular flexibility index (Phi) is 15.5. The zero-order valence-corrected chi connectivity index (χ0v) is 37.0. The molecule has 6 rings (SSSR count). The summed E-state index contributed by atoms with van der Waals surface area (Å²) in [5.74, 6) is 2.39. The second kappa shape index (κ2) is 19.2. The van der Waals surface area contributed by atoms with E-state index in [1.807, 2.05) is 0 Å². The topological polar surface area (TPSA) is 18.5 Å². The van der Waals surface area contributed by atoms with Gasteiger partial charge in [0.15, 0.2) is 0 Å². The molecular weight excluding hydrogens is 955 g/mol. The Morgan fingerprint density at radius 1 is 0.532 bits per heavy atom. The van der Waals surface area contributed by atoms with Crippen molar-refractivity contribution in [2.45, 2.75) is 177 Å². The van der Waals surface area contributed by atoms with Gasteiger partial charge >= 0.3 is 0 Å². The SMILES string of the molecule is CCCCc1cc(I)cc(-c2cc(I)cc(I)c2OP(C2CCCCC2)C2CCCCC2)c1OP(C1CCCCC1)C1CCCCC1. The highest BCUT2D eigenvalue weighted by Crippen LogP contribution is 2.61. The normalized spacial score (nSPS) is 21.1. The van der Waals surface area contributed by atoms with Gasteiger partial charge < -0.3 is 9.05 Å². The molecule has 260 valence electrons. The van der Waals surface area contributed by atoms with E-state index >= 15 is 0 Å². The Bertz CT molecular complexity index is 1240. The quantitative estimate of drug-likeness (QED) is 0.156. The summed E-state index contributed by atoms with van der Waals surface area (Å²) in [6, 6.07) is 9.72. The zero-order valence-electron chi connectivity index (χ0n) is 28.7. The van der Waals surface area contributed by atoms with Gasteiger partial charge in [-0.25, -0.2) is 0 Å². The lowest BCUT2D eigenvalue weighted by Gasteiger charge is -2.39. The number of hydrogen-bond donors (Lipinski definition) is 0. The van der Waals surface area contributed by atoms with E-state index in [1.54, 1.807) is 0 Å². The highest BCUT2D eigenvalue weighted by molar-refractivity contribution is 14.1. The molecular formula is C40H57I3O2P2. The van der Waals surface area contributed by atoms with Gasteiger partial charge in [0.05, 0.1) is 19.9 Å². The first-order chi connectivity index (χ1) is 23.0. The number of hydrogen-bond acceptors (Lipinski definition) is 2. The predicted octanol–water partition coefficient (Wildman–Crippen LogP) is 15.4. The van der Waals surface area contributed by atoms with Crippen LogP contribution in [0.2, 0.25) is 0 Å². The molecule has 0 spiro atoms. The summed E-state index contributed by atoms with van der Waals surface area (Å²) in [7, 11) is -1.05. The van der Waals surface area contributed by atoms with Gasteiger partial charge in [0.25, 0.3) is 0 Å². The van der Waals surface area contributed by atoms with Crippen molar-refractivity contribution < 1.29 is 9.05 Å². The summed E-state index contributed by atoms with van der Waals surface area (Å²) >= 11 is 7.73. The smallest absolute Gasteiger partial charge is 0.144 e. The van der Waals surface area contributed by atoms with Gasteiger partial charge in [-0.05, 0) is 162 Å². The minimum Gasteiger partial charge on any atom is -0.473 e. The average Bonchev–Trinajstić information content (AvgIpc) is 3.11. The Hall–Kier alpha value is 1.09. The van der Waals surface area contributed by atoms with Gasteiger partial charge in [0, 0.05) is 40.9 Å². The minimum atomic E-state index is -0.526. The molecule has 4 saturated carbocycles. The van der Waals surface area contributed by atoms with Crippen molar-refractivity contribution in [2.24, 2.45) is 0 Å². The average molecular weight is 1010 g/mol. The summed E-state index contributed by atoms with van der Waals surface area (Å²) in [4.78, 5) is 0. The van der Waals surface area contributed by atoms with E-state index in [4.69, 9.17) is 9.05 Å². The molecule has 0 bridgehead atoms. The molecule has 7 heteroatoms. The second-order valence-corrected chi connectivity index (χ2v) is 23.3. The largest absolute Gasteiger partial charge is 0.473 e. The van der Waals surface area contributed by atoms with E-state index in [2.05, 4.69) is 99.0 Å². The van der Waals surface area contributed by atoms with Gasteiger partial charge in [-0.3, -0.25) is 0 Å². The molecule has 0 amide bonds. The Morgan fingerprint density at radius 3 is 1.34 bits per heavy atom. The molecule has 2 nitrogen and oxygen atoms in total. The van der Waals surface area contributed by atoms with Crippen molar-refractivity contribution >= 4 is 84.1 Å². The molecule has 4 aliphatic rings. The number of unbranched alkanes of at least 4 members (excludes halogenated alkanes) is 1. The summed E-state index contributed by atoms with van der Waals surface area (Å²) in [6.45, 7) is 2.33. The molecule has 2 aromatic rings. The third kappa shape index (κ3) is 10.2. The maximum Gasteiger partial charge on any atom is 0.144 e. The van der Waals surface area contributed by atoms with Gasteiger partial charge in [-0.1, -0.05) is 90.4 Å². The van der Waals surface area contributed by atoms with E-state index < -0.39 is 16.3 Å². The van der Waals surface area contributed by atoms with Crippen molar-refractivity contribution in [3.05, 3.63) is 40.5 Å². The summed E-state index contributed by atoms with van der Waals surface area (Å²) in [6.07, 6.45) is 31.2. The van der Waals surface area contributed by atoms with Crippen LogP contribution in [0.3, 0.4) is 0 Å². The first-order valence-corrected chi connectivity index (χ1v) is 25.3. The minimum absolute atomic E-state index is 0.523. The maximum absolute atomic E-state index is 7.74. The van der Waals surface area contributed by atoms with Crippen LogP contribution < -0.4 is 9.05 Å². The molecule has 0 atom stereocenters. The highest BCUT2D eigenvalue weighted by Gasteiger charge is 2.37. The molecule has 0 aromatic heterocycles. The fourth-order valence-electron chi connectivity index (χ4n) is 8.81. The summed E-state index contributed by atoms with van der Waals surface area (Å²) in [5.41, 5.74) is 7.07. The van der Waals surface area contributed by atoms with Gasteiger partial charge in [0.1, 0.15) is 11.5 Å². The van der Waals surface area contributed by atoms with Gasteiger partial charge in [-0.2, -0.15) is 0 Å². The van der Waals surface area contributed by atoms with Crippen LogP contribution >= 0.6 is 84.1 Å². The fraction of sp³-hybridized carbons (Fsp3) is 0.700. The fourth-order valence-corrected chi connectivity index (χ4v) is 17.7. The maximum atomic E-state index is 7.74. The molecule has 2 aromatic carbocycles. The number of rotatable bonds is 12. The molecule has 0 unspecified atom stereocenters. The standard InChI is InChI=1S/C40H57I3O2P2/c1-2-3-16-29-25-30(41)26-36(39(29)44-46(32-17-8-4-9-18-32)33-19-10-5-11-20-33)37-27-31(42)28-38(43)40(37)45-47(34-21-12-6-13-22-34)35-23-14-7-15-24-35/h25-28,32-35H,2-24H2,1H3. The zero-order chi connectivity index (χ0) is 32.6.